The Hall–Kier alpha value is -0.510. The predicted molar refractivity (Wildman–Crippen MR) is 76.7 cm³/mol. The molecule has 1 aromatic rings. The van der Waals surface area contributed by atoms with Gasteiger partial charge >= 0.3 is 0 Å². The molecule has 1 N–H and O–H groups in total. The lowest BCUT2D eigenvalue weighted by atomic mass is 9.92. The molecule has 2 nitrogen and oxygen atoms in total. The van der Waals surface area contributed by atoms with Crippen molar-refractivity contribution in [2.24, 2.45) is 11.8 Å². The monoisotopic (exact) mass is 305 g/mol. The quantitative estimate of drug-likeness (QED) is 0.844. The maximum absolute atomic E-state index is 13.9. The van der Waals surface area contributed by atoms with Gasteiger partial charge in [0, 0.05) is 12.5 Å². The van der Waals surface area contributed by atoms with Crippen LogP contribution in [0.2, 0.25) is 10.0 Å². The highest BCUT2D eigenvalue weighted by molar-refractivity contribution is 6.42. The number of ether oxygens (including phenoxy) is 1. The van der Waals surface area contributed by atoms with E-state index in [1.54, 1.807) is 0 Å². The lowest BCUT2D eigenvalue weighted by Crippen LogP contribution is -2.33. The topological polar surface area (TPSA) is 21.3 Å². The van der Waals surface area contributed by atoms with Crippen molar-refractivity contribution in [2.45, 2.75) is 26.4 Å². The van der Waals surface area contributed by atoms with E-state index < -0.39 is 5.82 Å². The van der Waals surface area contributed by atoms with E-state index in [1.807, 2.05) is 0 Å². The van der Waals surface area contributed by atoms with Crippen LogP contribution in [0.5, 0.6) is 5.75 Å². The Labute approximate surface area is 123 Å². The SMILES string of the molecule is CC(C)[C@H](Oc1c(F)ccc(Cl)c1Cl)C1CCNC1. The van der Waals surface area contributed by atoms with Crippen molar-refractivity contribution in [3.63, 3.8) is 0 Å². The molecule has 2 rings (SSSR count). The summed E-state index contributed by atoms with van der Waals surface area (Å²) in [7, 11) is 0. The molecule has 0 radical (unpaired) electrons. The zero-order valence-corrected chi connectivity index (χ0v) is 12.6. The highest BCUT2D eigenvalue weighted by Gasteiger charge is 2.30. The third-order valence-corrected chi connectivity index (χ3v) is 4.26. The van der Waals surface area contributed by atoms with E-state index >= 15 is 0 Å². The molecule has 1 heterocycles. The summed E-state index contributed by atoms with van der Waals surface area (Å²) in [5.41, 5.74) is 0. The van der Waals surface area contributed by atoms with Crippen molar-refractivity contribution < 1.29 is 9.13 Å². The lowest BCUT2D eigenvalue weighted by molar-refractivity contribution is 0.0929. The zero-order chi connectivity index (χ0) is 14.0. The molecule has 5 heteroatoms. The smallest absolute Gasteiger partial charge is 0.175 e. The Kier molecular flexibility index (Phi) is 4.93. The molecule has 0 bridgehead atoms. The summed E-state index contributed by atoms with van der Waals surface area (Å²) in [6.07, 6.45) is 0.961. The minimum absolute atomic E-state index is 0.0690. The Morgan fingerprint density at radius 3 is 2.68 bits per heavy atom. The van der Waals surface area contributed by atoms with Crippen molar-refractivity contribution in [1.82, 2.24) is 5.32 Å². The van der Waals surface area contributed by atoms with E-state index in [1.165, 1.54) is 12.1 Å². The van der Waals surface area contributed by atoms with Crippen LogP contribution in [0, 0.1) is 17.7 Å². The second-order valence-electron chi connectivity index (χ2n) is 5.25. The minimum Gasteiger partial charge on any atom is -0.485 e. The number of nitrogens with one attached hydrogen (secondary N) is 1. The van der Waals surface area contributed by atoms with E-state index in [0.717, 1.165) is 19.5 Å². The third kappa shape index (κ3) is 3.33. The van der Waals surface area contributed by atoms with Gasteiger partial charge in [-0.1, -0.05) is 37.0 Å². The van der Waals surface area contributed by atoms with Crippen LogP contribution >= 0.6 is 23.2 Å². The minimum atomic E-state index is -0.467. The van der Waals surface area contributed by atoms with Gasteiger partial charge in [0.15, 0.2) is 11.6 Å². The molecule has 0 aliphatic carbocycles. The maximum atomic E-state index is 13.9. The predicted octanol–water partition coefficient (Wildman–Crippen LogP) is 4.15. The summed E-state index contributed by atoms with van der Waals surface area (Å²) in [5.74, 6) is 0.250. The second kappa shape index (κ2) is 6.29. The Morgan fingerprint density at radius 2 is 2.11 bits per heavy atom. The molecular weight excluding hydrogens is 288 g/mol. The van der Waals surface area contributed by atoms with Gasteiger partial charge in [0.2, 0.25) is 0 Å². The van der Waals surface area contributed by atoms with Crippen LogP contribution in [0.15, 0.2) is 12.1 Å². The van der Waals surface area contributed by atoms with E-state index in [4.69, 9.17) is 27.9 Å². The van der Waals surface area contributed by atoms with Crippen LogP contribution in [0.4, 0.5) is 4.39 Å². The summed E-state index contributed by atoms with van der Waals surface area (Å²) in [4.78, 5) is 0. The summed E-state index contributed by atoms with van der Waals surface area (Å²) in [6, 6.07) is 2.72. The number of benzene rings is 1. The Morgan fingerprint density at radius 1 is 1.37 bits per heavy atom. The van der Waals surface area contributed by atoms with Gasteiger partial charge in [-0.15, -0.1) is 0 Å². The van der Waals surface area contributed by atoms with Crippen molar-refractivity contribution in [2.75, 3.05) is 13.1 Å². The van der Waals surface area contributed by atoms with Gasteiger partial charge < -0.3 is 10.1 Å². The van der Waals surface area contributed by atoms with E-state index in [-0.39, 0.29) is 22.8 Å². The van der Waals surface area contributed by atoms with E-state index in [0.29, 0.717) is 10.9 Å². The molecular formula is C14H18Cl2FNO. The summed E-state index contributed by atoms with van der Waals surface area (Å²) in [6.45, 7) is 6.00. The first kappa shape index (κ1) is 14.9. The molecule has 0 amide bonds. The summed E-state index contributed by atoms with van der Waals surface area (Å²) < 4.78 is 19.7. The fraction of sp³-hybridized carbons (Fsp3) is 0.571. The average Bonchev–Trinajstić information content (AvgIpc) is 2.87. The number of halogens is 3. The largest absolute Gasteiger partial charge is 0.485 e. The molecule has 2 atom stereocenters. The fourth-order valence-electron chi connectivity index (χ4n) is 2.49. The third-order valence-electron chi connectivity index (χ3n) is 3.48. The normalized spacial score (nSPS) is 20.8. The highest BCUT2D eigenvalue weighted by atomic mass is 35.5. The van der Waals surface area contributed by atoms with Crippen LogP contribution in [0.25, 0.3) is 0 Å². The molecule has 1 aliphatic rings. The second-order valence-corrected chi connectivity index (χ2v) is 6.04. The van der Waals surface area contributed by atoms with Gasteiger partial charge in [0.25, 0.3) is 0 Å². The van der Waals surface area contributed by atoms with Gasteiger partial charge in [0.05, 0.1) is 5.02 Å². The Bertz CT molecular complexity index is 447. The van der Waals surface area contributed by atoms with Crippen LogP contribution in [-0.2, 0) is 0 Å². The van der Waals surface area contributed by atoms with Gasteiger partial charge in [-0.3, -0.25) is 0 Å². The molecule has 0 spiro atoms. The standard InChI is InChI=1S/C14H18Cl2FNO/c1-8(2)13(9-5-6-18-7-9)19-14-11(17)4-3-10(15)12(14)16/h3-4,8-9,13,18H,5-7H2,1-2H3/t9?,13-/m0/s1. The van der Waals surface area contributed by atoms with Crippen molar-refractivity contribution in [1.29, 1.82) is 0 Å². The maximum Gasteiger partial charge on any atom is 0.175 e. The van der Waals surface area contributed by atoms with Crippen molar-refractivity contribution >= 4 is 23.2 Å². The molecule has 1 fully saturated rings. The molecule has 0 saturated carbocycles. The first-order chi connectivity index (χ1) is 9.00. The first-order valence-corrected chi connectivity index (χ1v) is 7.27. The van der Waals surface area contributed by atoms with Gasteiger partial charge in [-0.2, -0.15) is 0 Å². The lowest BCUT2D eigenvalue weighted by Gasteiger charge is -2.28. The molecule has 1 saturated heterocycles. The molecule has 19 heavy (non-hydrogen) atoms. The van der Waals surface area contributed by atoms with Gasteiger partial charge in [-0.05, 0) is 31.0 Å². The number of hydrogen-bond acceptors (Lipinski definition) is 2. The van der Waals surface area contributed by atoms with Crippen LogP contribution in [-0.4, -0.2) is 19.2 Å². The van der Waals surface area contributed by atoms with Crippen LogP contribution in [0.1, 0.15) is 20.3 Å². The van der Waals surface area contributed by atoms with E-state index in [2.05, 4.69) is 19.2 Å². The van der Waals surface area contributed by atoms with Crippen molar-refractivity contribution in [3.8, 4) is 5.75 Å². The van der Waals surface area contributed by atoms with Crippen LogP contribution < -0.4 is 10.1 Å². The molecule has 106 valence electrons. The number of rotatable bonds is 4. The van der Waals surface area contributed by atoms with Gasteiger partial charge in [0.1, 0.15) is 11.1 Å². The molecule has 1 unspecified atom stereocenters. The fourth-order valence-corrected chi connectivity index (χ4v) is 2.83. The Balaban J connectivity index is 2.24. The summed E-state index contributed by atoms with van der Waals surface area (Å²) >= 11 is 12.0. The van der Waals surface area contributed by atoms with Crippen molar-refractivity contribution in [3.05, 3.63) is 28.0 Å². The zero-order valence-electron chi connectivity index (χ0n) is 11.1. The van der Waals surface area contributed by atoms with Gasteiger partial charge in [-0.25, -0.2) is 4.39 Å². The summed E-state index contributed by atoms with van der Waals surface area (Å²) in [5, 5.41) is 3.76. The average molecular weight is 306 g/mol. The first-order valence-electron chi connectivity index (χ1n) is 6.51. The highest BCUT2D eigenvalue weighted by Crippen LogP contribution is 2.37. The number of hydrogen-bond donors (Lipinski definition) is 1. The molecule has 0 aromatic heterocycles. The molecule has 1 aliphatic heterocycles. The van der Waals surface area contributed by atoms with E-state index in [9.17, 15) is 4.39 Å². The molecule has 1 aromatic carbocycles. The van der Waals surface area contributed by atoms with Crippen LogP contribution in [0.3, 0.4) is 0 Å².